The van der Waals surface area contributed by atoms with Crippen molar-refractivity contribution in [2.24, 2.45) is 11.8 Å². The summed E-state index contributed by atoms with van der Waals surface area (Å²) in [7, 11) is 0. The van der Waals surface area contributed by atoms with E-state index in [0.717, 1.165) is 11.7 Å². The maximum atomic E-state index is 6.16. The van der Waals surface area contributed by atoms with Gasteiger partial charge in [-0.15, -0.1) is 0 Å². The number of hydrogen-bond donors (Lipinski definition) is 0. The second-order valence-corrected chi connectivity index (χ2v) is 5.32. The molecule has 0 saturated heterocycles. The summed E-state index contributed by atoms with van der Waals surface area (Å²) in [5.74, 6) is 3.37. The minimum absolute atomic E-state index is 0.447. The Kier molecular flexibility index (Phi) is 1.61. The van der Waals surface area contributed by atoms with Crippen molar-refractivity contribution in [3.63, 3.8) is 0 Å². The van der Waals surface area contributed by atoms with Gasteiger partial charge < -0.3 is 4.74 Å². The van der Waals surface area contributed by atoms with Gasteiger partial charge in [0.2, 0.25) is 0 Å². The summed E-state index contributed by atoms with van der Waals surface area (Å²) in [6.45, 7) is 2.17. The first-order chi connectivity index (χ1) is 7.88. The molecule has 1 heterocycles. The molecule has 0 spiro atoms. The third kappa shape index (κ3) is 0.922. The molecular weight excluding hydrogens is 196 g/mol. The van der Waals surface area contributed by atoms with Gasteiger partial charge in [0.25, 0.3) is 0 Å². The zero-order valence-corrected chi connectivity index (χ0v) is 9.52. The standard InChI is InChI=1S/C15H16O/c1-2-9-7-10-8-12(9)15-14(10)11-5-3-4-6-13(11)16-15/h2-6,10,12,14-15H,7-8H2,1H3/b9-2-. The molecule has 4 rings (SSSR count). The molecule has 1 aliphatic heterocycles. The molecule has 2 aliphatic carbocycles. The van der Waals surface area contributed by atoms with Crippen LogP contribution in [0.25, 0.3) is 0 Å². The lowest BCUT2D eigenvalue weighted by Crippen LogP contribution is -2.27. The highest BCUT2D eigenvalue weighted by Crippen LogP contribution is 2.60. The highest BCUT2D eigenvalue weighted by Gasteiger charge is 2.55. The Labute approximate surface area is 96.1 Å². The van der Waals surface area contributed by atoms with Crippen LogP contribution in [0.1, 0.15) is 31.2 Å². The summed E-state index contributed by atoms with van der Waals surface area (Å²) in [4.78, 5) is 0. The average Bonchev–Trinajstić information content (AvgIpc) is 2.97. The zero-order chi connectivity index (χ0) is 10.7. The lowest BCUT2D eigenvalue weighted by atomic mass is 9.80. The van der Waals surface area contributed by atoms with Crippen molar-refractivity contribution in [2.75, 3.05) is 0 Å². The summed E-state index contributed by atoms with van der Waals surface area (Å²) in [6, 6.07) is 8.62. The van der Waals surface area contributed by atoms with Crippen molar-refractivity contribution in [3.05, 3.63) is 41.5 Å². The number of benzene rings is 1. The smallest absolute Gasteiger partial charge is 0.123 e. The second-order valence-electron chi connectivity index (χ2n) is 5.32. The molecule has 16 heavy (non-hydrogen) atoms. The van der Waals surface area contributed by atoms with Gasteiger partial charge in [-0.2, -0.15) is 0 Å². The molecule has 2 saturated carbocycles. The molecule has 1 nitrogen and oxygen atoms in total. The summed E-state index contributed by atoms with van der Waals surface area (Å²) in [5.41, 5.74) is 3.11. The minimum atomic E-state index is 0.447. The van der Waals surface area contributed by atoms with Gasteiger partial charge >= 0.3 is 0 Å². The molecule has 1 aromatic carbocycles. The van der Waals surface area contributed by atoms with E-state index in [2.05, 4.69) is 37.3 Å². The predicted molar refractivity (Wildman–Crippen MR) is 63.6 cm³/mol. The summed E-state index contributed by atoms with van der Waals surface area (Å²) in [6.07, 6.45) is 5.42. The van der Waals surface area contributed by atoms with Crippen molar-refractivity contribution in [1.29, 1.82) is 0 Å². The molecule has 1 aromatic rings. The van der Waals surface area contributed by atoms with Crippen LogP contribution in [-0.4, -0.2) is 6.10 Å². The van der Waals surface area contributed by atoms with Crippen LogP contribution < -0.4 is 4.74 Å². The molecule has 3 aliphatic rings. The topological polar surface area (TPSA) is 9.23 Å². The van der Waals surface area contributed by atoms with Gasteiger partial charge in [-0.05, 0) is 31.7 Å². The Balaban J connectivity index is 1.80. The van der Waals surface area contributed by atoms with Crippen molar-refractivity contribution in [3.8, 4) is 5.75 Å². The lowest BCUT2D eigenvalue weighted by molar-refractivity contribution is 0.172. The highest BCUT2D eigenvalue weighted by molar-refractivity contribution is 5.45. The monoisotopic (exact) mass is 212 g/mol. The van der Waals surface area contributed by atoms with E-state index in [4.69, 9.17) is 4.74 Å². The molecule has 1 heteroatoms. The minimum Gasteiger partial charge on any atom is -0.489 e. The fourth-order valence-electron chi connectivity index (χ4n) is 4.08. The van der Waals surface area contributed by atoms with Crippen molar-refractivity contribution < 1.29 is 4.74 Å². The van der Waals surface area contributed by atoms with Gasteiger partial charge in [-0.3, -0.25) is 0 Å². The van der Waals surface area contributed by atoms with Crippen LogP contribution in [0.2, 0.25) is 0 Å². The Morgan fingerprint density at radius 1 is 1.31 bits per heavy atom. The number of para-hydroxylation sites is 1. The number of hydrogen-bond acceptors (Lipinski definition) is 1. The van der Waals surface area contributed by atoms with Crippen LogP contribution in [0.4, 0.5) is 0 Å². The fraction of sp³-hybridized carbons (Fsp3) is 0.467. The average molecular weight is 212 g/mol. The third-order valence-corrected chi connectivity index (χ3v) is 4.70. The predicted octanol–water partition coefficient (Wildman–Crippen LogP) is 3.52. The van der Waals surface area contributed by atoms with Gasteiger partial charge in [0.1, 0.15) is 11.9 Å². The van der Waals surface area contributed by atoms with Gasteiger partial charge in [0.05, 0.1) is 0 Å². The molecule has 0 amide bonds. The largest absolute Gasteiger partial charge is 0.489 e. The third-order valence-electron chi connectivity index (χ3n) is 4.70. The maximum Gasteiger partial charge on any atom is 0.123 e. The Bertz CT molecular complexity index is 474. The Morgan fingerprint density at radius 2 is 2.19 bits per heavy atom. The molecule has 0 N–H and O–H groups in total. The zero-order valence-electron chi connectivity index (χ0n) is 9.52. The van der Waals surface area contributed by atoms with E-state index in [1.165, 1.54) is 18.4 Å². The molecular formula is C15H16O. The van der Waals surface area contributed by atoms with Gasteiger partial charge in [-0.25, -0.2) is 0 Å². The Morgan fingerprint density at radius 3 is 3.06 bits per heavy atom. The molecule has 0 aromatic heterocycles. The first-order valence-corrected chi connectivity index (χ1v) is 6.29. The van der Waals surface area contributed by atoms with Gasteiger partial charge in [0.15, 0.2) is 0 Å². The Hall–Kier alpha value is -1.24. The lowest BCUT2D eigenvalue weighted by Gasteiger charge is -2.25. The van der Waals surface area contributed by atoms with Crippen LogP contribution in [-0.2, 0) is 0 Å². The molecule has 2 bridgehead atoms. The molecule has 82 valence electrons. The van der Waals surface area contributed by atoms with Crippen molar-refractivity contribution >= 4 is 0 Å². The van der Waals surface area contributed by atoms with Crippen molar-refractivity contribution in [2.45, 2.75) is 31.8 Å². The van der Waals surface area contributed by atoms with E-state index >= 15 is 0 Å². The van der Waals surface area contributed by atoms with Crippen LogP contribution in [0.15, 0.2) is 35.9 Å². The van der Waals surface area contributed by atoms with Crippen molar-refractivity contribution in [1.82, 2.24) is 0 Å². The van der Waals surface area contributed by atoms with E-state index in [-0.39, 0.29) is 0 Å². The summed E-state index contributed by atoms with van der Waals surface area (Å²) in [5, 5.41) is 0. The van der Waals surface area contributed by atoms with E-state index < -0.39 is 0 Å². The fourth-order valence-corrected chi connectivity index (χ4v) is 4.08. The van der Waals surface area contributed by atoms with Gasteiger partial charge in [0, 0.05) is 17.4 Å². The summed E-state index contributed by atoms with van der Waals surface area (Å²) < 4.78 is 6.16. The normalized spacial score (nSPS) is 40.9. The number of fused-ring (bicyclic) bond motifs is 7. The van der Waals surface area contributed by atoms with E-state index in [1.54, 1.807) is 5.57 Å². The quantitative estimate of drug-likeness (QED) is 0.598. The number of allylic oxidation sites excluding steroid dienone is 1. The van der Waals surface area contributed by atoms with Crippen LogP contribution in [0.3, 0.4) is 0 Å². The van der Waals surface area contributed by atoms with Gasteiger partial charge in [-0.1, -0.05) is 29.8 Å². The van der Waals surface area contributed by atoms with Crippen LogP contribution >= 0.6 is 0 Å². The van der Waals surface area contributed by atoms with E-state index in [9.17, 15) is 0 Å². The molecule has 0 radical (unpaired) electrons. The van der Waals surface area contributed by atoms with Crippen LogP contribution in [0, 0.1) is 11.8 Å². The van der Waals surface area contributed by atoms with Crippen LogP contribution in [0.5, 0.6) is 5.75 Å². The number of ether oxygens (including phenoxy) is 1. The summed E-state index contributed by atoms with van der Waals surface area (Å²) >= 11 is 0. The SMILES string of the molecule is C/C=C1/CC2CC1C1Oc3ccccc3C21. The molecule has 4 unspecified atom stereocenters. The molecule has 2 fully saturated rings. The second kappa shape index (κ2) is 2.91. The number of rotatable bonds is 0. The van der Waals surface area contributed by atoms with E-state index in [1.807, 2.05) is 0 Å². The first-order valence-electron chi connectivity index (χ1n) is 6.29. The highest BCUT2D eigenvalue weighted by atomic mass is 16.5. The molecule has 4 atom stereocenters. The first kappa shape index (κ1) is 8.86. The maximum absolute atomic E-state index is 6.16. The van der Waals surface area contributed by atoms with E-state index in [0.29, 0.717) is 17.9 Å².